The topological polar surface area (TPSA) is 76.2 Å². The molecule has 3 N–H and O–H groups in total. The average molecular weight is 194 g/mol. The summed E-state index contributed by atoms with van der Waals surface area (Å²) >= 11 is 0. The molecule has 1 aromatic heterocycles. The lowest BCUT2D eigenvalue weighted by atomic mass is 9.98. The number of hydrogen-bond acceptors (Lipinski definition) is 3. The number of carbonyl (C=O) groups is 1. The minimum Gasteiger partial charge on any atom is -0.481 e. The van der Waals surface area contributed by atoms with E-state index in [9.17, 15) is 4.79 Å². The van der Waals surface area contributed by atoms with Crippen molar-refractivity contribution in [2.45, 2.75) is 20.3 Å². The first kappa shape index (κ1) is 10.5. The molecule has 1 unspecified atom stereocenters. The number of nitrogens with zero attached hydrogens (tertiary/aromatic N) is 1. The monoisotopic (exact) mass is 194 g/mol. The molecular formula is C10H14N2O2. The maximum Gasteiger partial charge on any atom is 0.306 e. The Morgan fingerprint density at radius 1 is 1.71 bits per heavy atom. The zero-order valence-corrected chi connectivity index (χ0v) is 8.32. The van der Waals surface area contributed by atoms with Crippen molar-refractivity contribution < 1.29 is 9.90 Å². The van der Waals surface area contributed by atoms with Gasteiger partial charge < -0.3 is 10.8 Å². The van der Waals surface area contributed by atoms with Crippen LogP contribution < -0.4 is 5.73 Å². The molecule has 0 fully saturated rings. The van der Waals surface area contributed by atoms with Crippen molar-refractivity contribution >= 4 is 11.8 Å². The van der Waals surface area contributed by atoms with E-state index in [2.05, 4.69) is 4.98 Å². The molecule has 4 nitrogen and oxygen atoms in total. The SMILES string of the molecule is Cc1ccnc(N)c1CC(C)C(=O)O. The molecule has 0 amide bonds. The third-order valence-electron chi connectivity index (χ3n) is 2.26. The van der Waals surface area contributed by atoms with E-state index < -0.39 is 11.9 Å². The van der Waals surface area contributed by atoms with Crippen LogP contribution in [0.1, 0.15) is 18.1 Å². The third kappa shape index (κ3) is 2.22. The fraction of sp³-hybridized carbons (Fsp3) is 0.400. The number of aryl methyl sites for hydroxylation is 1. The first-order valence-electron chi connectivity index (χ1n) is 4.45. The van der Waals surface area contributed by atoms with Gasteiger partial charge in [0.15, 0.2) is 0 Å². The first-order chi connectivity index (χ1) is 6.52. The number of nitrogens with two attached hydrogens (primary N) is 1. The molecule has 0 saturated heterocycles. The number of aromatic nitrogens is 1. The highest BCUT2D eigenvalue weighted by Crippen LogP contribution is 2.17. The minimum absolute atomic E-state index is 0.429. The highest BCUT2D eigenvalue weighted by molar-refractivity contribution is 5.70. The van der Waals surface area contributed by atoms with Crippen molar-refractivity contribution in [1.29, 1.82) is 0 Å². The van der Waals surface area contributed by atoms with Gasteiger partial charge in [0.2, 0.25) is 0 Å². The van der Waals surface area contributed by atoms with Crippen LogP contribution in [0.5, 0.6) is 0 Å². The van der Waals surface area contributed by atoms with Gasteiger partial charge in [-0.05, 0) is 30.5 Å². The van der Waals surface area contributed by atoms with Gasteiger partial charge in [-0.3, -0.25) is 4.79 Å². The summed E-state index contributed by atoms with van der Waals surface area (Å²) in [6.45, 7) is 3.57. The number of carboxylic acid groups (broad SMARTS) is 1. The van der Waals surface area contributed by atoms with Crippen molar-refractivity contribution in [1.82, 2.24) is 4.98 Å². The number of pyridine rings is 1. The van der Waals surface area contributed by atoms with E-state index >= 15 is 0 Å². The summed E-state index contributed by atoms with van der Waals surface area (Å²) in [5.74, 6) is -0.814. The molecule has 14 heavy (non-hydrogen) atoms. The lowest BCUT2D eigenvalue weighted by Crippen LogP contribution is -2.14. The Morgan fingerprint density at radius 2 is 2.36 bits per heavy atom. The van der Waals surface area contributed by atoms with Crippen molar-refractivity contribution in [3.05, 3.63) is 23.4 Å². The molecule has 1 heterocycles. The lowest BCUT2D eigenvalue weighted by molar-refractivity contribution is -0.141. The van der Waals surface area contributed by atoms with Crippen LogP contribution in [-0.4, -0.2) is 16.1 Å². The van der Waals surface area contributed by atoms with Crippen molar-refractivity contribution in [2.75, 3.05) is 5.73 Å². The molecule has 0 spiro atoms. The van der Waals surface area contributed by atoms with Crippen molar-refractivity contribution in [3.63, 3.8) is 0 Å². The standard InChI is InChI=1S/C10H14N2O2/c1-6-3-4-12-9(11)8(6)5-7(2)10(13)14/h3-4,7H,5H2,1-2H3,(H2,11,12)(H,13,14). The Bertz CT molecular complexity index is 330. The van der Waals surface area contributed by atoms with Crippen LogP contribution >= 0.6 is 0 Å². The van der Waals surface area contributed by atoms with Gasteiger partial charge in [-0.2, -0.15) is 0 Å². The molecule has 4 heteroatoms. The Labute approximate surface area is 82.8 Å². The number of anilines is 1. The second-order valence-electron chi connectivity index (χ2n) is 3.44. The summed E-state index contributed by atoms with van der Waals surface area (Å²) in [7, 11) is 0. The van der Waals surface area contributed by atoms with Crippen LogP contribution in [0.4, 0.5) is 5.82 Å². The normalized spacial score (nSPS) is 12.4. The second kappa shape index (κ2) is 4.09. The summed E-state index contributed by atoms with van der Waals surface area (Å²) in [4.78, 5) is 14.6. The van der Waals surface area contributed by atoms with E-state index in [1.54, 1.807) is 13.1 Å². The molecule has 0 saturated carbocycles. The summed E-state index contributed by atoms with van der Waals surface area (Å²) in [6.07, 6.45) is 2.06. The average Bonchev–Trinajstić information content (AvgIpc) is 2.11. The molecule has 0 radical (unpaired) electrons. The molecular weight excluding hydrogens is 180 g/mol. The van der Waals surface area contributed by atoms with Crippen molar-refractivity contribution in [3.8, 4) is 0 Å². The van der Waals surface area contributed by atoms with Gasteiger partial charge in [-0.15, -0.1) is 0 Å². The summed E-state index contributed by atoms with van der Waals surface area (Å²) in [5, 5.41) is 8.76. The van der Waals surface area contributed by atoms with Gasteiger partial charge in [0, 0.05) is 6.20 Å². The van der Waals surface area contributed by atoms with E-state index in [1.807, 2.05) is 13.0 Å². The summed E-state index contributed by atoms with van der Waals surface area (Å²) in [5.41, 5.74) is 7.49. The van der Waals surface area contributed by atoms with Crippen molar-refractivity contribution in [2.24, 2.45) is 5.92 Å². The smallest absolute Gasteiger partial charge is 0.306 e. The van der Waals surface area contributed by atoms with Crippen LogP contribution in [0.3, 0.4) is 0 Å². The lowest BCUT2D eigenvalue weighted by Gasteiger charge is -2.10. The number of nitrogen functional groups attached to an aromatic ring is 1. The van der Waals surface area contributed by atoms with E-state index in [4.69, 9.17) is 10.8 Å². The Kier molecular flexibility index (Phi) is 3.06. The zero-order valence-electron chi connectivity index (χ0n) is 8.32. The summed E-state index contributed by atoms with van der Waals surface area (Å²) < 4.78 is 0. The molecule has 0 aliphatic heterocycles. The van der Waals surface area contributed by atoms with Crippen LogP contribution in [0.25, 0.3) is 0 Å². The molecule has 0 bridgehead atoms. The quantitative estimate of drug-likeness (QED) is 0.758. The fourth-order valence-electron chi connectivity index (χ4n) is 1.27. The molecule has 0 aromatic carbocycles. The van der Waals surface area contributed by atoms with Crippen LogP contribution in [0.2, 0.25) is 0 Å². The van der Waals surface area contributed by atoms with Crippen LogP contribution in [0, 0.1) is 12.8 Å². The number of aliphatic carboxylic acids is 1. The van der Waals surface area contributed by atoms with Crippen LogP contribution in [0.15, 0.2) is 12.3 Å². The van der Waals surface area contributed by atoms with Gasteiger partial charge in [-0.1, -0.05) is 6.92 Å². The second-order valence-corrected chi connectivity index (χ2v) is 3.44. The minimum atomic E-state index is -0.812. The maximum atomic E-state index is 10.7. The van der Waals surface area contributed by atoms with Gasteiger partial charge in [0.05, 0.1) is 5.92 Å². The van der Waals surface area contributed by atoms with E-state index in [1.165, 1.54) is 0 Å². The largest absolute Gasteiger partial charge is 0.481 e. The predicted octanol–water partition coefficient (Wildman–Crippen LogP) is 1.24. The predicted molar refractivity (Wildman–Crippen MR) is 53.9 cm³/mol. The molecule has 0 aliphatic carbocycles. The molecule has 1 rings (SSSR count). The van der Waals surface area contributed by atoms with E-state index in [0.29, 0.717) is 12.2 Å². The Morgan fingerprint density at radius 3 is 2.86 bits per heavy atom. The molecule has 1 aromatic rings. The molecule has 0 aliphatic rings. The maximum absolute atomic E-state index is 10.7. The first-order valence-corrected chi connectivity index (χ1v) is 4.45. The Hall–Kier alpha value is -1.58. The van der Waals surface area contributed by atoms with E-state index in [0.717, 1.165) is 11.1 Å². The Balaban J connectivity index is 2.91. The number of hydrogen-bond donors (Lipinski definition) is 2. The van der Waals surface area contributed by atoms with Gasteiger partial charge in [-0.25, -0.2) is 4.98 Å². The van der Waals surface area contributed by atoms with Gasteiger partial charge in [0.1, 0.15) is 5.82 Å². The van der Waals surface area contributed by atoms with E-state index in [-0.39, 0.29) is 0 Å². The third-order valence-corrected chi connectivity index (χ3v) is 2.26. The number of carboxylic acids is 1. The van der Waals surface area contributed by atoms with Gasteiger partial charge >= 0.3 is 5.97 Å². The highest BCUT2D eigenvalue weighted by Gasteiger charge is 2.14. The highest BCUT2D eigenvalue weighted by atomic mass is 16.4. The van der Waals surface area contributed by atoms with Crippen LogP contribution in [-0.2, 0) is 11.2 Å². The summed E-state index contributed by atoms with van der Waals surface area (Å²) in [6, 6.07) is 1.83. The fourth-order valence-corrected chi connectivity index (χ4v) is 1.27. The molecule has 76 valence electrons. The zero-order chi connectivity index (χ0) is 10.7. The number of rotatable bonds is 3. The molecule has 1 atom stereocenters. The van der Waals surface area contributed by atoms with Gasteiger partial charge in [0.25, 0.3) is 0 Å².